The van der Waals surface area contributed by atoms with Crippen molar-refractivity contribution in [1.82, 2.24) is 0 Å². The molecule has 2 rings (SSSR count). The second-order valence-electron chi connectivity index (χ2n) is 5.34. The van der Waals surface area contributed by atoms with Crippen molar-refractivity contribution in [1.29, 1.82) is 0 Å². The molecule has 1 saturated heterocycles. The minimum atomic E-state index is -0.292. The maximum Gasteiger partial charge on any atom is 0.200 e. The third kappa shape index (κ3) is 3.63. The van der Waals surface area contributed by atoms with Gasteiger partial charge in [-0.3, -0.25) is 4.79 Å². The molecular formula is C16H24O4. The number of hydrogen-bond donors (Lipinski definition) is 0. The molecule has 0 spiro atoms. The van der Waals surface area contributed by atoms with E-state index in [4.69, 9.17) is 14.2 Å². The summed E-state index contributed by atoms with van der Waals surface area (Å²) in [5.41, 5.74) is 0.688. The molecule has 0 N–H and O–H groups in total. The quantitative estimate of drug-likeness (QED) is 0.407. The van der Waals surface area contributed by atoms with Gasteiger partial charge in [0.25, 0.3) is 0 Å². The summed E-state index contributed by atoms with van der Waals surface area (Å²) in [5, 5.41) is 0. The topological polar surface area (TPSA) is 44.8 Å². The second kappa shape index (κ2) is 6.93. The molecule has 0 aromatic carbocycles. The zero-order chi connectivity index (χ0) is 14.5. The van der Waals surface area contributed by atoms with Crippen molar-refractivity contribution in [3.63, 3.8) is 0 Å². The summed E-state index contributed by atoms with van der Waals surface area (Å²) >= 11 is 0. The molecule has 1 aliphatic heterocycles. The van der Waals surface area contributed by atoms with Crippen LogP contribution in [0.4, 0.5) is 0 Å². The van der Waals surface area contributed by atoms with Crippen LogP contribution in [0.2, 0.25) is 0 Å². The van der Waals surface area contributed by atoms with E-state index in [0.29, 0.717) is 30.1 Å². The summed E-state index contributed by atoms with van der Waals surface area (Å²) in [7, 11) is 1.54. The molecule has 0 bridgehead atoms. The van der Waals surface area contributed by atoms with Crippen LogP contribution >= 0.6 is 0 Å². The van der Waals surface area contributed by atoms with Crippen LogP contribution in [0.3, 0.4) is 0 Å². The lowest BCUT2D eigenvalue weighted by Crippen LogP contribution is -2.24. The third-order valence-electron chi connectivity index (χ3n) is 3.76. The lowest BCUT2D eigenvalue weighted by atomic mass is 10.0. The Hall–Kier alpha value is -1.29. The van der Waals surface area contributed by atoms with Gasteiger partial charge in [0.1, 0.15) is 0 Å². The molecule has 4 heteroatoms. The third-order valence-corrected chi connectivity index (χ3v) is 3.76. The maximum absolute atomic E-state index is 12.4. The van der Waals surface area contributed by atoms with E-state index in [9.17, 15) is 4.79 Å². The van der Waals surface area contributed by atoms with E-state index >= 15 is 0 Å². The van der Waals surface area contributed by atoms with Gasteiger partial charge >= 0.3 is 0 Å². The molecule has 0 aromatic heterocycles. The molecule has 0 radical (unpaired) electrons. The van der Waals surface area contributed by atoms with Gasteiger partial charge in [0.05, 0.1) is 13.7 Å². The molecule has 1 unspecified atom stereocenters. The molecule has 1 saturated carbocycles. The fourth-order valence-corrected chi connectivity index (χ4v) is 2.37. The number of carbonyl (C=O) groups is 1. The van der Waals surface area contributed by atoms with Gasteiger partial charge in [0, 0.05) is 17.9 Å². The van der Waals surface area contributed by atoms with Crippen molar-refractivity contribution >= 4 is 5.78 Å². The van der Waals surface area contributed by atoms with Crippen molar-refractivity contribution in [2.24, 2.45) is 5.92 Å². The van der Waals surface area contributed by atoms with Gasteiger partial charge in [-0.2, -0.15) is 0 Å². The standard InChI is InChI=1S/C16H24O4/c1-4-13(15(17)12-8-9-12)16(11(2)18-3)20-14-7-5-6-10-19-14/h12,14H,2,4-10H2,1,3H3/b16-13-. The SMILES string of the molecule is C=C(OC)/C(OC1CCCCO1)=C(\CC)C(=O)C1CC1. The summed E-state index contributed by atoms with van der Waals surface area (Å²) in [6.07, 6.45) is 5.28. The molecule has 0 amide bonds. The Labute approximate surface area is 120 Å². The Morgan fingerprint density at radius 3 is 2.55 bits per heavy atom. The predicted molar refractivity (Wildman–Crippen MR) is 75.9 cm³/mol. The van der Waals surface area contributed by atoms with Gasteiger partial charge in [-0.05, 0) is 32.1 Å². The molecular weight excluding hydrogens is 256 g/mol. The molecule has 2 aliphatic rings. The van der Waals surface area contributed by atoms with Gasteiger partial charge in [-0.25, -0.2) is 0 Å². The highest BCUT2D eigenvalue weighted by atomic mass is 16.7. The van der Waals surface area contributed by atoms with Crippen LogP contribution in [-0.2, 0) is 19.0 Å². The Morgan fingerprint density at radius 2 is 2.05 bits per heavy atom. The number of ether oxygens (including phenoxy) is 3. The number of hydrogen-bond acceptors (Lipinski definition) is 4. The van der Waals surface area contributed by atoms with E-state index in [1.165, 1.54) is 0 Å². The van der Waals surface area contributed by atoms with Crippen LogP contribution in [0.15, 0.2) is 23.7 Å². The van der Waals surface area contributed by atoms with Crippen LogP contribution in [0.25, 0.3) is 0 Å². The summed E-state index contributed by atoms with van der Waals surface area (Å²) in [4.78, 5) is 12.4. The lowest BCUT2D eigenvalue weighted by molar-refractivity contribution is -0.141. The van der Waals surface area contributed by atoms with Crippen molar-refractivity contribution < 1.29 is 19.0 Å². The van der Waals surface area contributed by atoms with Crippen molar-refractivity contribution in [2.75, 3.05) is 13.7 Å². The van der Waals surface area contributed by atoms with Crippen LogP contribution in [0.5, 0.6) is 0 Å². The number of rotatable bonds is 7. The fraction of sp³-hybridized carbons (Fsp3) is 0.688. The zero-order valence-corrected chi connectivity index (χ0v) is 12.4. The lowest BCUT2D eigenvalue weighted by Gasteiger charge is -2.26. The first-order chi connectivity index (χ1) is 9.67. The van der Waals surface area contributed by atoms with Crippen molar-refractivity contribution in [3.05, 3.63) is 23.7 Å². The van der Waals surface area contributed by atoms with Crippen LogP contribution in [0.1, 0.15) is 45.4 Å². The number of methoxy groups -OCH3 is 1. The van der Waals surface area contributed by atoms with Crippen molar-refractivity contribution in [3.8, 4) is 0 Å². The summed E-state index contributed by atoms with van der Waals surface area (Å²) in [5.74, 6) is 1.24. The highest BCUT2D eigenvalue weighted by Crippen LogP contribution is 2.35. The average Bonchev–Trinajstić information content (AvgIpc) is 3.31. The van der Waals surface area contributed by atoms with Gasteiger partial charge in [0.15, 0.2) is 23.6 Å². The van der Waals surface area contributed by atoms with Gasteiger partial charge in [-0.1, -0.05) is 13.5 Å². The smallest absolute Gasteiger partial charge is 0.200 e. The van der Waals surface area contributed by atoms with Crippen LogP contribution < -0.4 is 0 Å². The number of Topliss-reactive ketones (excluding diaryl/α,β-unsaturated/α-hetero) is 1. The highest BCUT2D eigenvalue weighted by Gasteiger charge is 2.34. The first-order valence-corrected chi connectivity index (χ1v) is 7.46. The predicted octanol–water partition coefficient (Wildman–Crippen LogP) is 3.33. The highest BCUT2D eigenvalue weighted by molar-refractivity contribution is 5.99. The largest absolute Gasteiger partial charge is 0.493 e. The van der Waals surface area contributed by atoms with E-state index in [-0.39, 0.29) is 18.0 Å². The Bertz CT molecular complexity index is 401. The first kappa shape index (κ1) is 15.1. The molecule has 0 aromatic rings. The van der Waals surface area contributed by atoms with Crippen LogP contribution in [0, 0.1) is 5.92 Å². The first-order valence-electron chi connectivity index (χ1n) is 7.46. The monoisotopic (exact) mass is 280 g/mol. The summed E-state index contributed by atoms with van der Waals surface area (Å²) < 4.78 is 16.7. The number of ketones is 1. The molecule has 1 aliphatic carbocycles. The van der Waals surface area contributed by atoms with Gasteiger partial charge < -0.3 is 14.2 Å². The molecule has 1 atom stereocenters. The van der Waals surface area contributed by atoms with E-state index in [2.05, 4.69) is 6.58 Å². The van der Waals surface area contributed by atoms with Crippen LogP contribution in [-0.4, -0.2) is 25.8 Å². The van der Waals surface area contributed by atoms with Crippen molar-refractivity contribution in [2.45, 2.75) is 51.7 Å². The summed E-state index contributed by atoms with van der Waals surface area (Å²) in [6, 6.07) is 0. The molecule has 4 nitrogen and oxygen atoms in total. The zero-order valence-electron chi connectivity index (χ0n) is 12.4. The minimum absolute atomic E-state index is 0.167. The van der Waals surface area contributed by atoms with Gasteiger partial charge in [0.2, 0.25) is 0 Å². The molecule has 1 heterocycles. The molecule has 112 valence electrons. The molecule has 20 heavy (non-hydrogen) atoms. The van der Waals surface area contributed by atoms with E-state index in [1.54, 1.807) is 7.11 Å². The van der Waals surface area contributed by atoms with E-state index < -0.39 is 0 Å². The Balaban J connectivity index is 2.18. The average molecular weight is 280 g/mol. The Kier molecular flexibility index (Phi) is 5.24. The maximum atomic E-state index is 12.4. The van der Waals surface area contributed by atoms with E-state index in [1.807, 2.05) is 6.92 Å². The van der Waals surface area contributed by atoms with Gasteiger partial charge in [-0.15, -0.1) is 0 Å². The normalized spacial score (nSPS) is 23.8. The van der Waals surface area contributed by atoms with E-state index in [0.717, 1.165) is 32.1 Å². The number of carbonyl (C=O) groups excluding carboxylic acids is 1. The molecule has 2 fully saturated rings. The Morgan fingerprint density at radius 1 is 1.30 bits per heavy atom. The fourth-order valence-electron chi connectivity index (χ4n) is 2.37. The second-order valence-corrected chi connectivity index (χ2v) is 5.34. The minimum Gasteiger partial charge on any atom is -0.493 e. The number of allylic oxidation sites excluding steroid dienone is 1. The summed E-state index contributed by atoms with van der Waals surface area (Å²) in [6.45, 7) is 6.52.